The van der Waals surface area contributed by atoms with Crippen molar-refractivity contribution in [1.82, 2.24) is 37.2 Å². The summed E-state index contributed by atoms with van der Waals surface area (Å²) in [5.74, 6) is -2.46. The number of phenolic OH excluding ortho intramolecular Hbond substituents is 5. The molecule has 0 bridgehead atoms. The minimum atomic E-state index is -1.14. The molecule has 7 amide bonds. The van der Waals surface area contributed by atoms with E-state index in [9.17, 15) is 69.0 Å². The van der Waals surface area contributed by atoms with Gasteiger partial charge >= 0.3 is 44.9 Å². The van der Waals surface area contributed by atoms with E-state index in [1.54, 1.807) is 165 Å². The summed E-state index contributed by atoms with van der Waals surface area (Å²) in [4.78, 5) is 99.7. The number of rotatable bonds is 22. The van der Waals surface area contributed by atoms with Crippen LogP contribution in [0.1, 0.15) is 146 Å². The summed E-state index contributed by atoms with van der Waals surface area (Å²) in [5.41, 5.74) is 21.8. The number of phenols is 5. The number of benzene rings is 5. The number of carboxylic acids is 1. The van der Waals surface area contributed by atoms with Crippen LogP contribution in [-0.2, 0) is 75.0 Å². The normalized spacial score (nSPS) is 12.3. The van der Waals surface area contributed by atoms with Crippen molar-refractivity contribution in [2.75, 3.05) is 13.3 Å². The Morgan fingerprint density at radius 3 is 0.748 bits per heavy atom. The average Bonchev–Trinajstić information content (AvgIpc) is 0.855. The van der Waals surface area contributed by atoms with Crippen molar-refractivity contribution in [3.8, 4) is 28.7 Å². The van der Waals surface area contributed by atoms with Crippen molar-refractivity contribution >= 4 is 88.7 Å². The van der Waals surface area contributed by atoms with Crippen LogP contribution in [0.5, 0.6) is 28.7 Å². The molecule has 0 radical (unpaired) electrons. The molecule has 5 rings (SSSR count). The van der Waals surface area contributed by atoms with Crippen molar-refractivity contribution < 1.29 is 87.9 Å². The molecule has 17 N–H and O–H groups in total. The van der Waals surface area contributed by atoms with Crippen LogP contribution in [0, 0.1) is 69.2 Å². The fraction of sp³-hybridized carbons (Fsp3) is 0.472. The van der Waals surface area contributed by atoms with Crippen LogP contribution in [0.15, 0.2) is 60.7 Å². The van der Waals surface area contributed by atoms with E-state index in [0.717, 1.165) is 83.5 Å². The number of hydrogen-bond donors (Lipinski definition) is 15. The maximum atomic E-state index is 13.3. The van der Waals surface area contributed by atoms with E-state index in [4.69, 9.17) is 30.4 Å². The molecular formula is C72H107BCl2N9O18P. The quantitative estimate of drug-likeness (QED) is 0.0134. The minimum absolute atomic E-state index is 0. The number of nitrogens with one attached hydrogen (secondary N) is 7. The number of ether oxygens (including phenoxy) is 3. The van der Waals surface area contributed by atoms with Gasteiger partial charge in [0.1, 0.15) is 63.7 Å². The molecule has 0 saturated heterocycles. The summed E-state index contributed by atoms with van der Waals surface area (Å²) in [5, 5.41) is 76.0. The first-order chi connectivity index (χ1) is 46.5. The van der Waals surface area contributed by atoms with Crippen LogP contribution in [-0.4, -0.2) is 146 Å². The van der Waals surface area contributed by atoms with Crippen LogP contribution in [0.2, 0.25) is 0 Å². The Balaban J connectivity index is 0.00000156. The number of halogens is 2. The summed E-state index contributed by atoms with van der Waals surface area (Å²) in [7, 11) is 1.90. The molecule has 0 aliphatic rings. The zero-order valence-corrected chi connectivity index (χ0v) is 65.1. The monoisotopic (exact) mass is 1500 g/mol. The van der Waals surface area contributed by atoms with Crippen molar-refractivity contribution in [2.24, 2.45) is 11.5 Å². The Morgan fingerprint density at radius 1 is 0.379 bits per heavy atom. The third kappa shape index (κ3) is 34.3. The fourth-order valence-electron chi connectivity index (χ4n) is 10.6. The SMILES string of the molecule is Cc1cc(O)cc(C)c1CC(N)C(=O)NCNC(=O)C(N)Cc1c(C)cc(O)cc1C.Cc1cc(O)cc(C)c1CC(NC(=O)OC(C)(C)C)C(=O)NCNC(=O)C(Cc1c(C)cc(O)cc1C)NC(=O)OC(C)(C)C.Cc1cc(O)cc(C)c1CC(NC(=O)OC(C)(C)C)C(=O)O.Cl.Cl.O=BP. The summed E-state index contributed by atoms with van der Waals surface area (Å²) in [6, 6.07) is 11.1. The molecule has 6 atom stereocenters. The zero-order valence-electron chi connectivity index (χ0n) is 62.3. The number of carbonyl (C=O) groups is 8. The number of aryl methyl sites for hydroxylation is 10. The molecule has 31 heteroatoms. The average molecular weight is 1500 g/mol. The summed E-state index contributed by atoms with van der Waals surface area (Å²) < 4.78 is 24.6. The van der Waals surface area contributed by atoms with Gasteiger partial charge in [0.15, 0.2) is 0 Å². The summed E-state index contributed by atoms with van der Waals surface area (Å²) >= 11 is 0. The predicted molar refractivity (Wildman–Crippen MR) is 402 cm³/mol. The van der Waals surface area contributed by atoms with Crippen LogP contribution >= 0.6 is 33.9 Å². The zero-order chi connectivity index (χ0) is 77.4. The van der Waals surface area contributed by atoms with Gasteiger partial charge < -0.3 is 93.5 Å². The Kier molecular flexibility index (Phi) is 38.9. The molecule has 0 aliphatic heterocycles. The number of nitrogens with two attached hydrogens (primary N) is 2. The first-order valence-corrected chi connectivity index (χ1v) is 33.2. The Labute approximate surface area is 619 Å². The third-order valence-electron chi connectivity index (χ3n) is 15.2. The van der Waals surface area contributed by atoms with Crippen LogP contribution in [0.4, 0.5) is 14.4 Å². The molecule has 0 aromatic heterocycles. The van der Waals surface area contributed by atoms with E-state index in [-0.39, 0.29) is 86.2 Å². The third-order valence-corrected chi connectivity index (χ3v) is 15.2. The topological polar surface area (TPSA) is 439 Å². The number of carbonyl (C=O) groups excluding carboxylic acids is 7. The van der Waals surface area contributed by atoms with Crippen molar-refractivity contribution in [1.29, 1.82) is 0 Å². The second kappa shape index (κ2) is 42.6. The van der Waals surface area contributed by atoms with Crippen LogP contribution in [0.25, 0.3) is 0 Å². The number of amides is 7. The fourth-order valence-corrected chi connectivity index (χ4v) is 10.6. The van der Waals surface area contributed by atoms with Crippen molar-refractivity contribution in [2.45, 2.75) is 211 Å². The maximum absolute atomic E-state index is 13.3. The molecule has 0 spiro atoms. The van der Waals surface area contributed by atoms with Gasteiger partial charge in [-0.2, -0.15) is 0 Å². The number of aliphatic carboxylic acids is 1. The molecule has 0 saturated carbocycles. The first kappa shape index (κ1) is 94.1. The number of aromatic hydroxyl groups is 5. The molecule has 5 aromatic carbocycles. The van der Waals surface area contributed by atoms with Gasteiger partial charge in [0.25, 0.3) is 0 Å². The van der Waals surface area contributed by atoms with Gasteiger partial charge in [-0.15, -0.1) is 24.8 Å². The van der Waals surface area contributed by atoms with Gasteiger partial charge in [-0.25, -0.2) is 19.2 Å². The van der Waals surface area contributed by atoms with E-state index in [2.05, 4.69) is 37.2 Å². The Morgan fingerprint density at radius 2 is 0.553 bits per heavy atom. The second-order valence-corrected chi connectivity index (χ2v) is 27.9. The van der Waals surface area contributed by atoms with E-state index in [0.29, 0.717) is 19.7 Å². The van der Waals surface area contributed by atoms with E-state index >= 15 is 0 Å². The van der Waals surface area contributed by atoms with Gasteiger partial charge in [-0.05, 0) is 289 Å². The van der Waals surface area contributed by atoms with Gasteiger partial charge in [-0.3, -0.25) is 19.2 Å². The predicted octanol–water partition coefficient (Wildman–Crippen LogP) is 8.25. The summed E-state index contributed by atoms with van der Waals surface area (Å²) in [6.07, 6.45) is -1.41. The molecule has 5 aromatic rings. The molecule has 0 fully saturated rings. The summed E-state index contributed by atoms with van der Waals surface area (Å²) in [6.45, 7) is 33.8. The number of alkyl carbamates (subject to hydrolysis) is 3. The van der Waals surface area contributed by atoms with Crippen LogP contribution in [0.3, 0.4) is 0 Å². The van der Waals surface area contributed by atoms with E-state index in [1.165, 1.54) is 0 Å². The molecule has 570 valence electrons. The van der Waals surface area contributed by atoms with Crippen molar-refractivity contribution in [3.63, 3.8) is 0 Å². The van der Waals surface area contributed by atoms with E-state index < -0.39 is 94.9 Å². The van der Waals surface area contributed by atoms with Crippen LogP contribution < -0.4 is 48.7 Å². The van der Waals surface area contributed by atoms with Crippen molar-refractivity contribution in [3.05, 3.63) is 144 Å². The second-order valence-electron chi connectivity index (χ2n) is 27.6. The molecule has 0 aliphatic carbocycles. The van der Waals surface area contributed by atoms with Gasteiger partial charge in [-0.1, -0.05) is 0 Å². The number of hydrogen-bond acceptors (Lipinski definition) is 19. The number of carboxylic acid groups (broad SMARTS) is 1. The molecule has 103 heavy (non-hydrogen) atoms. The van der Waals surface area contributed by atoms with Gasteiger partial charge in [0.05, 0.1) is 25.4 Å². The molecule has 27 nitrogen and oxygen atoms in total. The van der Waals surface area contributed by atoms with E-state index in [1.807, 2.05) is 36.8 Å². The van der Waals surface area contributed by atoms with Gasteiger partial charge in [0, 0.05) is 19.3 Å². The Hall–Kier alpha value is -8.95. The Bertz CT molecular complexity index is 3470. The van der Waals surface area contributed by atoms with Gasteiger partial charge in [0.2, 0.25) is 23.6 Å². The first-order valence-electron chi connectivity index (χ1n) is 32.5. The molecular weight excluding hydrogens is 1390 g/mol. The standard InChI is InChI=1S/C33H48N4O8.C23H32N4O4.C16H23NO5.BH2OP.2ClH/c1-18-11-22(38)12-19(2)24(18)15-26(36-30(42)44-32(5,6)7)28(40)34-17-35-29(41)27(37-31(43)45-33(8,9)10)16-25-20(3)13-23(39)14-21(25)4;1-12-5-16(28)6-13(2)18(12)9-20(24)22(30)26-11-27-23(31)21(25)10-19-14(3)7-17(29)8-15(19)4;1-9-6-11(18)7-10(2)12(9)8-13(14(19)20)17-15(21)22-16(3,4)5;2-1-3;;/h11-14,26-27,38-39H,15-17H2,1-10H3,(H,34,40)(H,35,41)(H,36,42)(H,37,43);5-8,20-21,28-29H,9-11,24-25H2,1-4H3,(H,26,30)(H,27,31);6-7,13,18H,8H2,1-5H3,(H,17,21)(H,19,20);3H2;2*1H. The molecule has 0 heterocycles. The molecule has 6 unspecified atom stereocenters.